The molecule has 0 aromatic carbocycles. The molecular formula is C24H48O8. The molecule has 0 amide bonds. The SMILES string of the molecule is CCCCCCCCCCCCCCCCCC(=O)OC(O)[C@H](O)[C@@H](O)[C@@H](O)[C@@H](O)CO. The zero-order valence-electron chi connectivity index (χ0n) is 19.9. The van der Waals surface area contributed by atoms with Crippen LogP contribution in [0.15, 0.2) is 0 Å². The van der Waals surface area contributed by atoms with Crippen molar-refractivity contribution >= 4 is 5.97 Å². The van der Waals surface area contributed by atoms with Crippen molar-refractivity contribution in [1.82, 2.24) is 0 Å². The van der Waals surface area contributed by atoms with Crippen LogP contribution in [0, 0.1) is 0 Å². The summed E-state index contributed by atoms with van der Waals surface area (Å²) in [5.74, 6) is -0.712. The first-order valence-electron chi connectivity index (χ1n) is 12.6. The van der Waals surface area contributed by atoms with Gasteiger partial charge in [-0.25, -0.2) is 0 Å². The van der Waals surface area contributed by atoms with Crippen molar-refractivity contribution in [2.45, 2.75) is 140 Å². The summed E-state index contributed by atoms with van der Waals surface area (Å²) in [7, 11) is 0. The van der Waals surface area contributed by atoms with Crippen LogP contribution in [0.4, 0.5) is 0 Å². The van der Waals surface area contributed by atoms with Crippen LogP contribution in [0.2, 0.25) is 0 Å². The van der Waals surface area contributed by atoms with Crippen LogP contribution < -0.4 is 0 Å². The molecule has 6 N–H and O–H groups in total. The molecule has 8 nitrogen and oxygen atoms in total. The van der Waals surface area contributed by atoms with E-state index in [9.17, 15) is 30.3 Å². The Morgan fingerprint density at radius 1 is 0.625 bits per heavy atom. The molecule has 1 unspecified atom stereocenters. The van der Waals surface area contributed by atoms with Crippen molar-refractivity contribution in [3.05, 3.63) is 0 Å². The molecule has 0 heterocycles. The van der Waals surface area contributed by atoms with Crippen molar-refractivity contribution in [2.24, 2.45) is 0 Å². The molecule has 0 rings (SSSR count). The lowest BCUT2D eigenvalue weighted by Gasteiger charge is -2.28. The molecule has 0 aliphatic carbocycles. The van der Waals surface area contributed by atoms with E-state index in [0.29, 0.717) is 6.42 Å². The van der Waals surface area contributed by atoms with Gasteiger partial charge in [0.05, 0.1) is 6.61 Å². The highest BCUT2D eigenvalue weighted by molar-refractivity contribution is 5.69. The summed E-state index contributed by atoms with van der Waals surface area (Å²) in [5.41, 5.74) is 0. The minimum absolute atomic E-state index is 0.0833. The maximum Gasteiger partial charge on any atom is 0.308 e. The van der Waals surface area contributed by atoms with E-state index in [1.54, 1.807) is 0 Å². The Morgan fingerprint density at radius 3 is 1.44 bits per heavy atom. The Labute approximate surface area is 193 Å². The molecule has 32 heavy (non-hydrogen) atoms. The number of carbonyl (C=O) groups excluding carboxylic acids is 1. The van der Waals surface area contributed by atoms with Gasteiger partial charge in [-0.3, -0.25) is 4.79 Å². The third-order valence-corrected chi connectivity index (χ3v) is 5.81. The average molecular weight is 465 g/mol. The normalized spacial score (nSPS) is 16.3. The molecule has 0 aromatic heterocycles. The Hall–Kier alpha value is -0.770. The van der Waals surface area contributed by atoms with Gasteiger partial charge in [0.25, 0.3) is 0 Å². The van der Waals surface area contributed by atoms with E-state index in [1.165, 1.54) is 70.6 Å². The van der Waals surface area contributed by atoms with Gasteiger partial charge in [-0.05, 0) is 6.42 Å². The summed E-state index contributed by atoms with van der Waals surface area (Å²) in [6.45, 7) is 1.41. The largest absolute Gasteiger partial charge is 0.433 e. The van der Waals surface area contributed by atoms with Gasteiger partial charge in [-0.2, -0.15) is 0 Å². The van der Waals surface area contributed by atoms with Gasteiger partial charge in [0, 0.05) is 6.42 Å². The van der Waals surface area contributed by atoms with Gasteiger partial charge in [0.1, 0.15) is 24.4 Å². The van der Waals surface area contributed by atoms with Crippen molar-refractivity contribution in [2.75, 3.05) is 6.61 Å². The van der Waals surface area contributed by atoms with Crippen molar-refractivity contribution in [3.63, 3.8) is 0 Å². The van der Waals surface area contributed by atoms with Gasteiger partial charge in [-0.15, -0.1) is 0 Å². The minimum atomic E-state index is -2.03. The highest BCUT2D eigenvalue weighted by Gasteiger charge is 2.35. The summed E-state index contributed by atoms with van der Waals surface area (Å²) in [6, 6.07) is 0. The first kappa shape index (κ1) is 31.2. The number of carbonyl (C=O) groups is 1. The van der Waals surface area contributed by atoms with Gasteiger partial charge in [-0.1, -0.05) is 96.8 Å². The number of unbranched alkanes of at least 4 members (excludes halogenated alkanes) is 14. The number of hydrogen-bond donors (Lipinski definition) is 6. The van der Waals surface area contributed by atoms with Crippen LogP contribution in [0.1, 0.15) is 110 Å². The molecule has 0 aromatic rings. The first-order chi connectivity index (χ1) is 15.3. The summed E-state index contributed by atoms with van der Waals surface area (Å²) < 4.78 is 4.67. The van der Waals surface area contributed by atoms with E-state index in [-0.39, 0.29) is 6.42 Å². The molecule has 0 radical (unpaired) electrons. The van der Waals surface area contributed by atoms with Gasteiger partial charge < -0.3 is 35.4 Å². The molecule has 0 aliphatic heterocycles. The van der Waals surface area contributed by atoms with Crippen LogP contribution in [0.3, 0.4) is 0 Å². The van der Waals surface area contributed by atoms with Crippen LogP contribution in [-0.4, -0.2) is 73.9 Å². The second-order valence-corrected chi connectivity index (χ2v) is 8.80. The monoisotopic (exact) mass is 464 g/mol. The van der Waals surface area contributed by atoms with Gasteiger partial charge in [0.2, 0.25) is 6.29 Å². The number of aliphatic hydroxyl groups is 6. The predicted octanol–water partition coefficient (Wildman–Crippen LogP) is 2.55. The maximum atomic E-state index is 11.7. The van der Waals surface area contributed by atoms with Crippen molar-refractivity contribution < 1.29 is 40.2 Å². The topological polar surface area (TPSA) is 148 Å². The molecular weight excluding hydrogens is 416 g/mol. The summed E-state index contributed by atoms with van der Waals surface area (Å²) in [4.78, 5) is 11.7. The summed E-state index contributed by atoms with van der Waals surface area (Å²) >= 11 is 0. The van der Waals surface area contributed by atoms with E-state index in [2.05, 4.69) is 11.7 Å². The second-order valence-electron chi connectivity index (χ2n) is 8.80. The highest BCUT2D eigenvalue weighted by Crippen LogP contribution is 2.15. The molecule has 0 aliphatic rings. The van der Waals surface area contributed by atoms with Crippen LogP contribution >= 0.6 is 0 Å². The quantitative estimate of drug-likeness (QED) is 0.0813. The average Bonchev–Trinajstić information content (AvgIpc) is 2.79. The van der Waals surface area contributed by atoms with E-state index in [0.717, 1.165) is 19.3 Å². The van der Waals surface area contributed by atoms with Gasteiger partial charge >= 0.3 is 5.97 Å². The zero-order chi connectivity index (χ0) is 24.2. The lowest BCUT2D eigenvalue weighted by atomic mass is 10.0. The molecule has 0 fully saturated rings. The summed E-state index contributed by atoms with van der Waals surface area (Å²) in [5, 5.41) is 56.6. The number of hydrogen-bond acceptors (Lipinski definition) is 8. The molecule has 8 heteroatoms. The fraction of sp³-hybridized carbons (Fsp3) is 0.958. The number of ether oxygens (including phenoxy) is 1. The fourth-order valence-corrected chi connectivity index (χ4v) is 3.61. The first-order valence-corrected chi connectivity index (χ1v) is 12.6. The maximum absolute atomic E-state index is 11.7. The van der Waals surface area contributed by atoms with E-state index >= 15 is 0 Å². The lowest BCUT2D eigenvalue weighted by Crippen LogP contribution is -2.50. The number of rotatable bonds is 22. The molecule has 5 atom stereocenters. The standard InChI is InChI=1S/C24H48O8/c1-2-3-4-5-6-7-8-9-10-11-12-13-14-15-16-17-20(27)32-24(31)23(30)22(29)21(28)19(26)18-25/h19,21-26,28-31H,2-18H2,1H3/t19-,21-,22-,23+,24?/m0/s1. The van der Waals surface area contributed by atoms with Crippen LogP contribution in [-0.2, 0) is 9.53 Å². The molecule has 0 saturated carbocycles. The molecule has 0 bridgehead atoms. The molecule has 192 valence electrons. The Morgan fingerprint density at radius 2 is 1.03 bits per heavy atom. The number of aliphatic hydroxyl groups excluding tert-OH is 6. The molecule has 0 spiro atoms. The zero-order valence-corrected chi connectivity index (χ0v) is 19.9. The second kappa shape index (κ2) is 20.8. The van der Waals surface area contributed by atoms with Crippen LogP contribution in [0.25, 0.3) is 0 Å². The van der Waals surface area contributed by atoms with Crippen molar-refractivity contribution in [1.29, 1.82) is 0 Å². The van der Waals surface area contributed by atoms with Crippen LogP contribution in [0.5, 0.6) is 0 Å². The Balaban J connectivity index is 3.61. The third kappa shape index (κ3) is 15.9. The highest BCUT2D eigenvalue weighted by atomic mass is 16.6. The van der Waals surface area contributed by atoms with E-state index in [4.69, 9.17) is 5.11 Å². The minimum Gasteiger partial charge on any atom is -0.433 e. The van der Waals surface area contributed by atoms with Crippen molar-refractivity contribution in [3.8, 4) is 0 Å². The fourth-order valence-electron chi connectivity index (χ4n) is 3.61. The lowest BCUT2D eigenvalue weighted by molar-refractivity contribution is -0.213. The third-order valence-electron chi connectivity index (χ3n) is 5.81. The smallest absolute Gasteiger partial charge is 0.308 e. The van der Waals surface area contributed by atoms with E-state index < -0.39 is 43.3 Å². The Kier molecular flexibility index (Phi) is 20.3. The molecule has 0 saturated heterocycles. The predicted molar refractivity (Wildman–Crippen MR) is 123 cm³/mol. The summed E-state index contributed by atoms with van der Waals surface area (Å²) in [6.07, 6.45) is 8.65. The van der Waals surface area contributed by atoms with Gasteiger partial charge in [0.15, 0.2) is 0 Å². The van der Waals surface area contributed by atoms with E-state index in [1.807, 2.05) is 0 Å². The Bertz CT molecular complexity index is 434. The number of esters is 1.